The highest BCUT2D eigenvalue weighted by Crippen LogP contribution is 2.23. The number of urea groups is 1. The monoisotopic (exact) mass is 304 g/mol. The number of nitrogens with one attached hydrogen (secondary N) is 2. The standard InChI is InChI=1S/C15H16N2O5/c18-11-3-1-9(13(20)5-11)7-16-15(22)17-8-10-2-4-12(19)6-14(10)21/h1-6,18-21H,7-8H2,(H2,16,17,22). The molecule has 22 heavy (non-hydrogen) atoms. The molecule has 0 bridgehead atoms. The lowest BCUT2D eigenvalue weighted by Gasteiger charge is -2.10. The van der Waals surface area contributed by atoms with Gasteiger partial charge in [-0.2, -0.15) is 0 Å². The van der Waals surface area contributed by atoms with Gasteiger partial charge in [0.05, 0.1) is 0 Å². The molecule has 116 valence electrons. The van der Waals surface area contributed by atoms with Crippen LogP contribution in [0.4, 0.5) is 4.79 Å². The number of carbonyl (C=O) groups is 1. The maximum atomic E-state index is 11.7. The molecule has 2 aromatic rings. The van der Waals surface area contributed by atoms with E-state index in [1.165, 1.54) is 36.4 Å². The van der Waals surface area contributed by atoms with Gasteiger partial charge >= 0.3 is 6.03 Å². The molecule has 0 spiro atoms. The fourth-order valence-corrected chi connectivity index (χ4v) is 1.82. The van der Waals surface area contributed by atoms with Gasteiger partial charge in [-0.1, -0.05) is 0 Å². The molecule has 2 rings (SSSR count). The van der Waals surface area contributed by atoms with E-state index >= 15 is 0 Å². The van der Waals surface area contributed by atoms with Gasteiger partial charge in [0.2, 0.25) is 0 Å². The molecule has 6 N–H and O–H groups in total. The van der Waals surface area contributed by atoms with E-state index in [-0.39, 0.29) is 36.1 Å². The highest BCUT2D eigenvalue weighted by molar-refractivity contribution is 5.74. The maximum Gasteiger partial charge on any atom is 0.315 e. The van der Waals surface area contributed by atoms with Crippen LogP contribution in [0.1, 0.15) is 11.1 Å². The number of rotatable bonds is 4. The number of carbonyl (C=O) groups excluding carboxylic acids is 1. The largest absolute Gasteiger partial charge is 0.508 e. The summed E-state index contributed by atoms with van der Waals surface area (Å²) in [4.78, 5) is 11.7. The van der Waals surface area contributed by atoms with Gasteiger partial charge in [0, 0.05) is 36.3 Å². The average molecular weight is 304 g/mol. The normalized spacial score (nSPS) is 10.2. The first-order valence-electron chi connectivity index (χ1n) is 6.49. The third-order valence-electron chi connectivity index (χ3n) is 3.02. The highest BCUT2D eigenvalue weighted by atomic mass is 16.3. The lowest BCUT2D eigenvalue weighted by atomic mass is 10.2. The molecular formula is C15H16N2O5. The smallest absolute Gasteiger partial charge is 0.315 e. The first-order valence-corrected chi connectivity index (χ1v) is 6.49. The molecule has 0 fully saturated rings. The van der Waals surface area contributed by atoms with E-state index in [4.69, 9.17) is 10.2 Å². The Balaban J connectivity index is 1.85. The Bertz CT molecular complexity index is 630. The number of phenolic OH excluding ortho intramolecular Hbond substituents is 4. The van der Waals surface area contributed by atoms with Crippen LogP contribution in [0, 0.1) is 0 Å². The average Bonchev–Trinajstić information content (AvgIpc) is 2.45. The van der Waals surface area contributed by atoms with E-state index in [1.54, 1.807) is 0 Å². The Morgan fingerprint density at radius 2 is 1.18 bits per heavy atom. The van der Waals surface area contributed by atoms with Crippen molar-refractivity contribution in [3.05, 3.63) is 47.5 Å². The molecule has 0 atom stereocenters. The van der Waals surface area contributed by atoms with Crippen molar-refractivity contribution in [2.45, 2.75) is 13.1 Å². The zero-order valence-corrected chi connectivity index (χ0v) is 11.6. The van der Waals surface area contributed by atoms with Crippen molar-refractivity contribution in [3.8, 4) is 23.0 Å². The van der Waals surface area contributed by atoms with Crippen LogP contribution in [0.2, 0.25) is 0 Å². The summed E-state index contributed by atoms with van der Waals surface area (Å²) < 4.78 is 0. The van der Waals surface area contributed by atoms with Crippen molar-refractivity contribution in [2.75, 3.05) is 0 Å². The van der Waals surface area contributed by atoms with Crippen LogP contribution in [0.15, 0.2) is 36.4 Å². The zero-order chi connectivity index (χ0) is 16.1. The lowest BCUT2D eigenvalue weighted by molar-refractivity contribution is 0.240. The van der Waals surface area contributed by atoms with Crippen LogP contribution in [-0.2, 0) is 13.1 Å². The summed E-state index contributed by atoms with van der Waals surface area (Å²) in [6, 6.07) is 7.69. The highest BCUT2D eigenvalue weighted by Gasteiger charge is 2.07. The van der Waals surface area contributed by atoms with E-state index in [0.29, 0.717) is 11.1 Å². The minimum atomic E-state index is -0.486. The van der Waals surface area contributed by atoms with E-state index in [1.807, 2.05) is 0 Å². The molecule has 0 saturated carbocycles. The molecule has 7 nitrogen and oxygen atoms in total. The summed E-state index contributed by atoms with van der Waals surface area (Å²) in [6.45, 7) is 0.166. The predicted octanol–water partition coefficient (Wildman–Crippen LogP) is 1.51. The Hall–Kier alpha value is -3.09. The number of benzene rings is 2. The molecule has 7 heteroatoms. The van der Waals surface area contributed by atoms with Gasteiger partial charge in [0.25, 0.3) is 0 Å². The summed E-state index contributed by atoms with van der Waals surface area (Å²) in [5, 5.41) is 42.6. The van der Waals surface area contributed by atoms with Crippen molar-refractivity contribution in [3.63, 3.8) is 0 Å². The minimum Gasteiger partial charge on any atom is -0.508 e. The molecule has 0 aliphatic carbocycles. The first-order chi connectivity index (χ1) is 10.5. The van der Waals surface area contributed by atoms with Crippen LogP contribution in [0.5, 0.6) is 23.0 Å². The first kappa shape index (κ1) is 15.3. The Labute approximate surface area is 126 Å². The summed E-state index contributed by atoms with van der Waals surface area (Å²) in [5.74, 6) is -0.352. The minimum absolute atomic E-state index is 0.0616. The molecule has 2 amide bonds. The van der Waals surface area contributed by atoms with Crippen molar-refractivity contribution in [2.24, 2.45) is 0 Å². The third-order valence-corrected chi connectivity index (χ3v) is 3.02. The van der Waals surface area contributed by atoms with Crippen LogP contribution >= 0.6 is 0 Å². The van der Waals surface area contributed by atoms with Crippen LogP contribution in [-0.4, -0.2) is 26.5 Å². The third kappa shape index (κ3) is 3.95. The van der Waals surface area contributed by atoms with Crippen molar-refractivity contribution in [1.29, 1.82) is 0 Å². The van der Waals surface area contributed by atoms with Gasteiger partial charge in [-0.3, -0.25) is 0 Å². The van der Waals surface area contributed by atoms with Gasteiger partial charge < -0.3 is 31.1 Å². The van der Waals surface area contributed by atoms with Crippen LogP contribution < -0.4 is 10.6 Å². The Morgan fingerprint density at radius 1 is 0.773 bits per heavy atom. The number of aromatic hydroxyl groups is 4. The predicted molar refractivity (Wildman–Crippen MR) is 78.6 cm³/mol. The molecular weight excluding hydrogens is 288 g/mol. The molecule has 0 unspecified atom stereocenters. The lowest BCUT2D eigenvalue weighted by Crippen LogP contribution is -2.34. The summed E-state index contributed by atoms with van der Waals surface area (Å²) in [6.07, 6.45) is 0. The summed E-state index contributed by atoms with van der Waals surface area (Å²) >= 11 is 0. The quantitative estimate of drug-likeness (QED) is 0.511. The van der Waals surface area contributed by atoms with Gasteiger partial charge in [-0.15, -0.1) is 0 Å². The second kappa shape index (κ2) is 6.57. The van der Waals surface area contributed by atoms with E-state index < -0.39 is 6.03 Å². The Kier molecular flexibility index (Phi) is 4.57. The second-order valence-corrected chi connectivity index (χ2v) is 4.66. The SMILES string of the molecule is O=C(NCc1ccc(O)cc1O)NCc1ccc(O)cc1O. The second-order valence-electron chi connectivity index (χ2n) is 4.66. The van der Waals surface area contributed by atoms with Crippen molar-refractivity contribution < 1.29 is 25.2 Å². The molecule has 0 aliphatic rings. The van der Waals surface area contributed by atoms with Crippen molar-refractivity contribution >= 4 is 6.03 Å². The molecule has 0 aromatic heterocycles. The fourth-order valence-electron chi connectivity index (χ4n) is 1.82. The molecule has 0 saturated heterocycles. The number of hydrogen-bond donors (Lipinski definition) is 6. The van der Waals surface area contributed by atoms with Gasteiger partial charge in [0.15, 0.2) is 0 Å². The fraction of sp³-hybridized carbons (Fsp3) is 0.133. The van der Waals surface area contributed by atoms with Crippen LogP contribution in [0.25, 0.3) is 0 Å². The number of amides is 2. The Morgan fingerprint density at radius 3 is 1.55 bits per heavy atom. The summed E-state index contributed by atoms with van der Waals surface area (Å²) in [5.41, 5.74) is 0.917. The van der Waals surface area contributed by atoms with Gasteiger partial charge in [-0.05, 0) is 24.3 Å². The molecule has 0 aliphatic heterocycles. The zero-order valence-electron chi connectivity index (χ0n) is 11.6. The topological polar surface area (TPSA) is 122 Å². The van der Waals surface area contributed by atoms with Gasteiger partial charge in [-0.25, -0.2) is 4.79 Å². The van der Waals surface area contributed by atoms with Crippen LogP contribution in [0.3, 0.4) is 0 Å². The number of hydrogen-bond acceptors (Lipinski definition) is 5. The summed E-state index contributed by atoms with van der Waals surface area (Å²) in [7, 11) is 0. The van der Waals surface area contributed by atoms with E-state index in [0.717, 1.165) is 0 Å². The number of phenols is 4. The van der Waals surface area contributed by atoms with E-state index in [2.05, 4.69) is 10.6 Å². The van der Waals surface area contributed by atoms with Crippen molar-refractivity contribution in [1.82, 2.24) is 10.6 Å². The molecule has 0 heterocycles. The molecule has 0 radical (unpaired) electrons. The molecule has 2 aromatic carbocycles. The van der Waals surface area contributed by atoms with E-state index in [9.17, 15) is 15.0 Å². The maximum absolute atomic E-state index is 11.7. The van der Waals surface area contributed by atoms with Gasteiger partial charge in [0.1, 0.15) is 23.0 Å².